The van der Waals surface area contributed by atoms with Gasteiger partial charge in [0.05, 0.1) is 21.2 Å². The Balaban J connectivity index is 1.64. The minimum atomic E-state index is -0.184. The van der Waals surface area contributed by atoms with Crippen molar-refractivity contribution < 1.29 is 19.1 Å². The van der Waals surface area contributed by atoms with E-state index in [0.29, 0.717) is 31.6 Å². The lowest BCUT2D eigenvalue weighted by molar-refractivity contribution is 0.0967. The molecule has 4 rings (SSSR count). The van der Waals surface area contributed by atoms with E-state index in [9.17, 15) is 9.59 Å². The van der Waals surface area contributed by atoms with Crippen molar-refractivity contribution in [2.45, 2.75) is 39.9 Å². The Bertz CT molecular complexity index is 1400. The average molecular weight is 694 g/mol. The molecular weight excluding hydrogens is 660 g/mol. The number of halogens is 2. The van der Waals surface area contributed by atoms with Gasteiger partial charge < -0.3 is 19.3 Å². The number of hydrogen-bond acceptors (Lipinski definition) is 4. The Morgan fingerprint density at radius 3 is 1.26 bits per heavy atom. The van der Waals surface area contributed by atoms with Gasteiger partial charge in [-0.3, -0.25) is 9.59 Å². The molecule has 0 aliphatic carbocycles. The molecule has 0 heterocycles. The molecule has 8 heteroatoms. The summed E-state index contributed by atoms with van der Waals surface area (Å²) in [5, 5.41) is 0. The van der Waals surface area contributed by atoms with E-state index in [1.54, 1.807) is 46.2 Å². The summed E-state index contributed by atoms with van der Waals surface area (Å²) in [6.45, 7) is 8.34. The number of carbonyl (C=O) groups is 2. The van der Waals surface area contributed by atoms with E-state index in [1.165, 1.54) is 0 Å². The highest BCUT2D eigenvalue weighted by atomic mass is 79.9. The van der Waals surface area contributed by atoms with Crippen molar-refractivity contribution in [1.29, 1.82) is 0 Å². The van der Waals surface area contributed by atoms with E-state index >= 15 is 0 Å². The van der Waals surface area contributed by atoms with Crippen LogP contribution >= 0.6 is 31.9 Å². The molecule has 0 aromatic heterocycles. The number of anilines is 2. The molecule has 0 bridgehead atoms. The number of ether oxygens (including phenoxy) is 2. The summed E-state index contributed by atoms with van der Waals surface area (Å²) in [5.74, 6) is 0.974. The first kappa shape index (κ1) is 31.3. The average Bonchev–Trinajstić information content (AvgIpc) is 2.97. The topological polar surface area (TPSA) is 59.1 Å². The van der Waals surface area contributed by atoms with Crippen LogP contribution in [0, 0.1) is 0 Å². The Hall–Kier alpha value is -3.62. The molecule has 4 aromatic carbocycles. The van der Waals surface area contributed by atoms with E-state index in [0.717, 1.165) is 11.4 Å². The van der Waals surface area contributed by atoms with Gasteiger partial charge in [-0.15, -0.1) is 0 Å². The van der Waals surface area contributed by atoms with Gasteiger partial charge >= 0.3 is 0 Å². The zero-order valence-electron chi connectivity index (χ0n) is 24.1. The molecular formula is C34H34Br2N2O4. The van der Waals surface area contributed by atoms with Crippen LogP contribution in [0.1, 0.15) is 48.4 Å². The summed E-state index contributed by atoms with van der Waals surface area (Å²) in [4.78, 5) is 31.3. The largest absolute Gasteiger partial charge is 0.490 e. The lowest BCUT2D eigenvalue weighted by Gasteiger charge is -2.29. The first-order chi connectivity index (χ1) is 20.1. The van der Waals surface area contributed by atoms with Crippen molar-refractivity contribution in [2.24, 2.45) is 0 Å². The number of amides is 2. The van der Waals surface area contributed by atoms with Crippen LogP contribution in [0.5, 0.6) is 11.5 Å². The molecule has 6 nitrogen and oxygen atoms in total. The Labute approximate surface area is 264 Å². The summed E-state index contributed by atoms with van der Waals surface area (Å²) in [6, 6.07) is 29.6. The number of para-hydroxylation sites is 2. The lowest BCUT2D eigenvalue weighted by Crippen LogP contribution is -2.41. The maximum absolute atomic E-state index is 13.9. The van der Waals surface area contributed by atoms with E-state index in [4.69, 9.17) is 9.47 Å². The highest BCUT2D eigenvalue weighted by Crippen LogP contribution is 2.30. The van der Waals surface area contributed by atoms with Gasteiger partial charge in [0, 0.05) is 35.6 Å². The molecule has 0 fully saturated rings. The normalized spacial score (nSPS) is 11.0. The summed E-state index contributed by atoms with van der Waals surface area (Å²) >= 11 is 7.10. The summed E-state index contributed by atoms with van der Waals surface area (Å²) in [6.07, 6.45) is 0.00877. The summed E-state index contributed by atoms with van der Waals surface area (Å²) in [7, 11) is 0. The third-order valence-electron chi connectivity index (χ3n) is 6.26. The Kier molecular flexibility index (Phi) is 10.8. The molecule has 0 atom stereocenters. The van der Waals surface area contributed by atoms with E-state index in [1.807, 2.05) is 88.4 Å². The van der Waals surface area contributed by atoms with Crippen molar-refractivity contribution >= 4 is 55.0 Å². The highest BCUT2D eigenvalue weighted by Gasteiger charge is 2.24. The first-order valence-corrected chi connectivity index (χ1v) is 15.4. The van der Waals surface area contributed by atoms with Crippen molar-refractivity contribution in [1.82, 2.24) is 0 Å². The fourth-order valence-corrected chi connectivity index (χ4v) is 5.33. The van der Waals surface area contributed by atoms with Gasteiger partial charge in [-0.05, 0) is 120 Å². The van der Waals surface area contributed by atoms with Crippen LogP contribution in [0.3, 0.4) is 0 Å². The third-order valence-corrected chi connectivity index (χ3v) is 7.50. The van der Waals surface area contributed by atoms with E-state index < -0.39 is 0 Å². The standard InChI is InChI=1S/C34H34Br2N2O4/c1-23(2)41-31-17-15-25(21-29(31)35)33(39)37(27-11-7-5-8-12-27)19-20-38(28-13-9-6-10-14-28)34(40)26-16-18-32(30(36)22-26)42-24(3)4/h5-18,21-24H,19-20H2,1-4H3. The summed E-state index contributed by atoms with van der Waals surface area (Å²) in [5.41, 5.74) is 2.48. The van der Waals surface area contributed by atoms with Crippen LogP contribution in [-0.2, 0) is 0 Å². The predicted molar refractivity (Wildman–Crippen MR) is 176 cm³/mol. The Morgan fingerprint density at radius 2 is 0.952 bits per heavy atom. The fourth-order valence-electron chi connectivity index (χ4n) is 4.39. The van der Waals surface area contributed by atoms with E-state index in [-0.39, 0.29) is 37.1 Å². The molecule has 0 radical (unpaired) electrons. The van der Waals surface area contributed by atoms with E-state index in [2.05, 4.69) is 31.9 Å². The second-order valence-electron chi connectivity index (χ2n) is 10.2. The zero-order chi connectivity index (χ0) is 30.2. The van der Waals surface area contributed by atoms with Crippen molar-refractivity contribution in [3.05, 3.63) is 117 Å². The minimum absolute atomic E-state index is 0.00438. The summed E-state index contributed by atoms with van der Waals surface area (Å²) < 4.78 is 13.1. The Morgan fingerprint density at radius 1 is 0.595 bits per heavy atom. The van der Waals surface area contributed by atoms with Gasteiger partial charge in [-0.2, -0.15) is 0 Å². The molecule has 0 N–H and O–H groups in total. The van der Waals surface area contributed by atoms with Gasteiger partial charge in [0.2, 0.25) is 0 Å². The van der Waals surface area contributed by atoms with Gasteiger partial charge in [-0.25, -0.2) is 0 Å². The minimum Gasteiger partial charge on any atom is -0.490 e. The molecule has 218 valence electrons. The molecule has 0 unspecified atom stereocenters. The van der Waals surface area contributed by atoms with Crippen LogP contribution in [0.2, 0.25) is 0 Å². The highest BCUT2D eigenvalue weighted by molar-refractivity contribution is 9.10. The molecule has 2 amide bonds. The van der Waals surface area contributed by atoms with Gasteiger partial charge in [-0.1, -0.05) is 36.4 Å². The maximum Gasteiger partial charge on any atom is 0.258 e. The first-order valence-electron chi connectivity index (χ1n) is 13.8. The molecule has 0 saturated carbocycles. The molecule has 42 heavy (non-hydrogen) atoms. The van der Waals surface area contributed by atoms with Crippen LogP contribution in [0.25, 0.3) is 0 Å². The second-order valence-corrected chi connectivity index (χ2v) is 11.9. The predicted octanol–water partition coefficient (Wildman–Crippen LogP) is 8.78. The monoisotopic (exact) mass is 692 g/mol. The zero-order valence-corrected chi connectivity index (χ0v) is 27.3. The van der Waals surface area contributed by atoms with Crippen LogP contribution in [-0.4, -0.2) is 37.1 Å². The van der Waals surface area contributed by atoms with Crippen LogP contribution in [0.4, 0.5) is 11.4 Å². The number of hydrogen-bond donors (Lipinski definition) is 0. The maximum atomic E-state index is 13.9. The number of carbonyl (C=O) groups excluding carboxylic acids is 2. The molecule has 0 aliphatic rings. The fraction of sp³-hybridized carbons (Fsp3) is 0.235. The number of rotatable bonds is 11. The van der Waals surface area contributed by atoms with Crippen molar-refractivity contribution in [3.63, 3.8) is 0 Å². The molecule has 0 aliphatic heterocycles. The molecule has 0 spiro atoms. The number of nitrogens with zero attached hydrogens (tertiary/aromatic N) is 2. The van der Waals surface area contributed by atoms with Crippen LogP contribution in [0.15, 0.2) is 106 Å². The van der Waals surface area contributed by atoms with Gasteiger partial charge in [0.15, 0.2) is 0 Å². The van der Waals surface area contributed by atoms with Crippen molar-refractivity contribution in [3.8, 4) is 11.5 Å². The van der Waals surface area contributed by atoms with Crippen LogP contribution < -0.4 is 19.3 Å². The second kappa shape index (κ2) is 14.5. The SMILES string of the molecule is CC(C)Oc1ccc(C(=O)N(CCN(C(=O)c2ccc(OC(C)C)c(Br)c2)c2ccccc2)c2ccccc2)cc1Br. The smallest absolute Gasteiger partial charge is 0.258 e. The van der Waals surface area contributed by atoms with Gasteiger partial charge in [0.25, 0.3) is 11.8 Å². The third kappa shape index (κ3) is 8.01. The molecule has 4 aromatic rings. The van der Waals surface area contributed by atoms with Gasteiger partial charge in [0.1, 0.15) is 11.5 Å². The molecule has 0 saturated heterocycles. The number of benzene rings is 4. The quantitative estimate of drug-likeness (QED) is 0.158. The van der Waals surface area contributed by atoms with Crippen molar-refractivity contribution in [2.75, 3.05) is 22.9 Å². The lowest BCUT2D eigenvalue weighted by atomic mass is 10.1.